The summed E-state index contributed by atoms with van der Waals surface area (Å²) in [7, 11) is 1.54. The van der Waals surface area contributed by atoms with E-state index in [1.165, 1.54) is 13.3 Å². The summed E-state index contributed by atoms with van der Waals surface area (Å²) >= 11 is 0. The van der Waals surface area contributed by atoms with E-state index in [4.69, 9.17) is 4.74 Å². The van der Waals surface area contributed by atoms with Crippen molar-refractivity contribution in [3.63, 3.8) is 0 Å². The number of nitrogens with one attached hydrogen (secondary N) is 2. The van der Waals surface area contributed by atoms with Gasteiger partial charge in [0.05, 0.1) is 13.2 Å². The van der Waals surface area contributed by atoms with Crippen molar-refractivity contribution in [1.29, 1.82) is 0 Å². The van der Waals surface area contributed by atoms with Crippen LogP contribution in [0.15, 0.2) is 11.0 Å². The van der Waals surface area contributed by atoms with Crippen LogP contribution in [0.4, 0.5) is 5.95 Å². The highest BCUT2D eigenvalue weighted by molar-refractivity contribution is 5.93. The predicted molar refractivity (Wildman–Crippen MR) is 104 cm³/mol. The predicted octanol–water partition coefficient (Wildman–Crippen LogP) is -1.11. The molecule has 0 unspecified atom stereocenters. The molecule has 0 saturated carbocycles. The quantitative estimate of drug-likeness (QED) is 0.566. The molecule has 3 heterocycles. The number of aromatic nitrogens is 2. The number of rotatable bonds is 7. The molecule has 28 heavy (non-hydrogen) atoms. The van der Waals surface area contributed by atoms with Gasteiger partial charge in [0.15, 0.2) is 0 Å². The first-order chi connectivity index (χ1) is 13.6. The van der Waals surface area contributed by atoms with E-state index < -0.39 is 11.5 Å². The molecule has 1 aromatic rings. The van der Waals surface area contributed by atoms with Crippen molar-refractivity contribution in [3.8, 4) is 0 Å². The van der Waals surface area contributed by atoms with E-state index in [9.17, 15) is 14.4 Å². The van der Waals surface area contributed by atoms with Gasteiger partial charge in [-0.25, -0.2) is 4.98 Å². The van der Waals surface area contributed by atoms with Crippen LogP contribution in [0.25, 0.3) is 0 Å². The van der Waals surface area contributed by atoms with Crippen LogP contribution in [0.3, 0.4) is 0 Å². The molecule has 2 aliphatic heterocycles. The van der Waals surface area contributed by atoms with Gasteiger partial charge in [0.1, 0.15) is 5.56 Å². The molecular weight excluding hydrogens is 364 g/mol. The molecule has 0 spiro atoms. The van der Waals surface area contributed by atoms with Gasteiger partial charge in [-0.1, -0.05) is 0 Å². The number of nitrogens with zero attached hydrogens (tertiary/aromatic N) is 4. The second-order valence-corrected chi connectivity index (χ2v) is 7.05. The van der Waals surface area contributed by atoms with Crippen LogP contribution in [-0.2, 0) is 9.53 Å². The van der Waals surface area contributed by atoms with Crippen molar-refractivity contribution in [2.45, 2.75) is 12.8 Å². The summed E-state index contributed by atoms with van der Waals surface area (Å²) < 4.78 is 4.87. The van der Waals surface area contributed by atoms with E-state index in [0.29, 0.717) is 38.7 Å². The average molecular weight is 392 g/mol. The molecule has 10 heteroatoms. The van der Waals surface area contributed by atoms with Crippen LogP contribution in [0.5, 0.6) is 0 Å². The number of carbonyl (C=O) groups excluding carboxylic acids is 2. The van der Waals surface area contributed by atoms with Crippen LogP contribution in [0.1, 0.15) is 23.2 Å². The Morgan fingerprint density at radius 1 is 1.18 bits per heavy atom. The molecule has 2 fully saturated rings. The molecule has 10 nitrogen and oxygen atoms in total. The molecule has 3 rings (SSSR count). The third-order valence-corrected chi connectivity index (χ3v) is 5.11. The maximum absolute atomic E-state index is 12.3. The number of hydrogen-bond donors (Lipinski definition) is 2. The van der Waals surface area contributed by atoms with Gasteiger partial charge in [-0.2, -0.15) is 0 Å². The van der Waals surface area contributed by atoms with Gasteiger partial charge in [0.25, 0.3) is 11.5 Å². The van der Waals surface area contributed by atoms with Crippen LogP contribution < -0.4 is 15.8 Å². The number of carbonyl (C=O) groups is 2. The number of piperazine rings is 1. The zero-order valence-electron chi connectivity index (χ0n) is 16.3. The number of ether oxygens (including phenoxy) is 1. The van der Waals surface area contributed by atoms with Gasteiger partial charge in [0.2, 0.25) is 11.9 Å². The third-order valence-electron chi connectivity index (χ3n) is 5.11. The van der Waals surface area contributed by atoms with Gasteiger partial charge in [-0.3, -0.25) is 24.3 Å². The molecule has 1 aromatic heterocycles. The van der Waals surface area contributed by atoms with Crippen molar-refractivity contribution in [2.24, 2.45) is 0 Å². The Hall–Kier alpha value is -2.46. The van der Waals surface area contributed by atoms with E-state index in [-0.39, 0.29) is 11.5 Å². The number of amides is 2. The fourth-order valence-corrected chi connectivity index (χ4v) is 3.45. The minimum absolute atomic E-state index is 0.0188. The highest BCUT2D eigenvalue weighted by Gasteiger charge is 2.24. The molecule has 0 radical (unpaired) electrons. The molecule has 2 aliphatic rings. The van der Waals surface area contributed by atoms with Crippen molar-refractivity contribution >= 4 is 17.8 Å². The molecule has 0 bridgehead atoms. The maximum Gasteiger partial charge on any atom is 0.265 e. The van der Waals surface area contributed by atoms with E-state index in [1.54, 1.807) is 0 Å². The van der Waals surface area contributed by atoms with Gasteiger partial charge in [-0.05, 0) is 12.8 Å². The Kier molecular flexibility index (Phi) is 6.99. The summed E-state index contributed by atoms with van der Waals surface area (Å²) in [5, 5.41) is 2.61. The third kappa shape index (κ3) is 5.08. The van der Waals surface area contributed by atoms with Crippen LogP contribution >= 0.6 is 0 Å². The Bertz CT molecular complexity index is 738. The first-order valence-electron chi connectivity index (χ1n) is 9.70. The normalized spacial score (nSPS) is 17.8. The zero-order valence-corrected chi connectivity index (χ0v) is 16.3. The van der Waals surface area contributed by atoms with Crippen molar-refractivity contribution < 1.29 is 14.3 Å². The fourth-order valence-electron chi connectivity index (χ4n) is 3.45. The standard InChI is InChI=1S/C18H28N6O4/c1-28-11-4-19-16(26)14-12-20-18(21-17(14)27)24-9-7-22(8-10-24)13-15(25)23-5-2-3-6-23/h12H,2-11,13H2,1H3,(H,19,26)(H,20,21,27). The first kappa shape index (κ1) is 20.3. The zero-order chi connectivity index (χ0) is 19.9. The monoisotopic (exact) mass is 392 g/mol. The molecule has 154 valence electrons. The minimum atomic E-state index is -0.470. The van der Waals surface area contributed by atoms with E-state index >= 15 is 0 Å². The average Bonchev–Trinajstić information content (AvgIpc) is 3.23. The second kappa shape index (κ2) is 9.65. The fraction of sp³-hybridized carbons (Fsp3) is 0.667. The molecule has 2 amide bonds. The Morgan fingerprint density at radius 3 is 2.54 bits per heavy atom. The molecule has 2 N–H and O–H groups in total. The lowest BCUT2D eigenvalue weighted by atomic mass is 10.3. The lowest BCUT2D eigenvalue weighted by molar-refractivity contribution is -0.131. The largest absolute Gasteiger partial charge is 0.383 e. The van der Waals surface area contributed by atoms with Crippen LogP contribution in [0, 0.1) is 0 Å². The summed E-state index contributed by atoms with van der Waals surface area (Å²) in [5.74, 6) is 0.174. The Labute approximate surface area is 163 Å². The number of H-pyrrole nitrogens is 1. The van der Waals surface area contributed by atoms with E-state index in [2.05, 4.69) is 20.2 Å². The summed E-state index contributed by atoms with van der Waals surface area (Å²) in [6.07, 6.45) is 3.50. The summed E-state index contributed by atoms with van der Waals surface area (Å²) in [6.45, 7) is 5.66. The Morgan fingerprint density at radius 2 is 1.89 bits per heavy atom. The lowest BCUT2D eigenvalue weighted by Crippen LogP contribution is -2.50. The molecule has 0 aliphatic carbocycles. The second-order valence-electron chi connectivity index (χ2n) is 7.05. The van der Waals surface area contributed by atoms with Gasteiger partial charge < -0.3 is 19.9 Å². The van der Waals surface area contributed by atoms with Crippen molar-refractivity contribution in [2.75, 3.05) is 71.0 Å². The highest BCUT2D eigenvalue weighted by atomic mass is 16.5. The minimum Gasteiger partial charge on any atom is -0.383 e. The van der Waals surface area contributed by atoms with E-state index in [0.717, 1.165) is 39.0 Å². The molecule has 0 atom stereocenters. The Balaban J connectivity index is 1.51. The molecular formula is C18H28N6O4. The topological polar surface area (TPSA) is 111 Å². The van der Waals surface area contributed by atoms with Crippen LogP contribution in [-0.4, -0.2) is 97.7 Å². The summed E-state index contributed by atoms with van der Waals surface area (Å²) in [4.78, 5) is 49.5. The summed E-state index contributed by atoms with van der Waals surface area (Å²) in [6, 6.07) is 0. The van der Waals surface area contributed by atoms with Gasteiger partial charge >= 0.3 is 0 Å². The SMILES string of the molecule is COCCNC(=O)c1cnc(N2CCN(CC(=O)N3CCCC3)CC2)[nH]c1=O. The first-order valence-corrected chi connectivity index (χ1v) is 9.70. The molecule has 2 saturated heterocycles. The number of hydrogen-bond acceptors (Lipinski definition) is 7. The maximum atomic E-state index is 12.3. The van der Waals surface area contributed by atoms with Crippen LogP contribution in [0.2, 0.25) is 0 Å². The lowest BCUT2D eigenvalue weighted by Gasteiger charge is -2.35. The van der Waals surface area contributed by atoms with Gasteiger partial charge in [-0.15, -0.1) is 0 Å². The number of methoxy groups -OCH3 is 1. The number of aromatic amines is 1. The number of likely N-dealkylation sites (tertiary alicyclic amines) is 1. The van der Waals surface area contributed by atoms with Crippen molar-refractivity contribution in [1.82, 2.24) is 25.1 Å². The van der Waals surface area contributed by atoms with Crippen molar-refractivity contribution in [3.05, 3.63) is 22.1 Å². The summed E-state index contributed by atoms with van der Waals surface area (Å²) in [5.41, 5.74) is -0.485. The highest BCUT2D eigenvalue weighted by Crippen LogP contribution is 2.12. The molecule has 0 aromatic carbocycles. The smallest absolute Gasteiger partial charge is 0.265 e. The van der Waals surface area contributed by atoms with Gasteiger partial charge in [0, 0.05) is 59.1 Å². The van der Waals surface area contributed by atoms with E-state index in [1.807, 2.05) is 9.80 Å². The number of anilines is 1.